The minimum Gasteiger partial charge on any atom is -0.482 e. The third kappa shape index (κ3) is 3.92. The average Bonchev–Trinajstić information content (AvgIpc) is 2.64. The van der Waals surface area contributed by atoms with E-state index in [0.717, 1.165) is 16.7 Å². The smallest absolute Gasteiger partial charge is 0.341 e. The van der Waals surface area contributed by atoms with Gasteiger partial charge in [-0.15, -0.1) is 0 Å². The van der Waals surface area contributed by atoms with Gasteiger partial charge >= 0.3 is 12.0 Å². The van der Waals surface area contributed by atoms with Crippen LogP contribution in [-0.4, -0.2) is 35.0 Å². The van der Waals surface area contributed by atoms with Crippen LogP contribution in [0.1, 0.15) is 49.3 Å². The predicted octanol–water partition coefficient (Wildman–Crippen LogP) is 3.55. The summed E-state index contributed by atoms with van der Waals surface area (Å²) in [7, 11) is 0. The predicted molar refractivity (Wildman–Crippen MR) is 111 cm³/mol. The Kier molecular flexibility index (Phi) is 4.84. The Morgan fingerprint density at radius 3 is 2.63 bits per heavy atom. The summed E-state index contributed by atoms with van der Waals surface area (Å²) in [6, 6.07) is 13.4. The molecule has 7 heteroatoms. The number of hydrogen-bond donors (Lipinski definition) is 3. The molecule has 2 atom stereocenters. The highest BCUT2D eigenvalue weighted by molar-refractivity contribution is 5.77. The molecule has 1 saturated heterocycles. The van der Waals surface area contributed by atoms with Crippen molar-refractivity contribution in [3.05, 3.63) is 59.2 Å². The Hall–Kier alpha value is -3.22. The van der Waals surface area contributed by atoms with Crippen LogP contribution in [0.4, 0.5) is 4.79 Å². The number of rotatable bonds is 4. The lowest BCUT2D eigenvalue weighted by Gasteiger charge is -2.49. The van der Waals surface area contributed by atoms with Gasteiger partial charge in [0, 0.05) is 35.9 Å². The molecule has 0 aromatic heterocycles. The second-order valence-corrected chi connectivity index (χ2v) is 8.74. The zero-order valence-electron chi connectivity index (χ0n) is 17.3. The number of benzene rings is 2. The molecule has 0 radical (unpaired) electrons. The molecule has 2 amide bonds. The fraction of sp³-hybridized carbons (Fsp3) is 0.391. The maximum absolute atomic E-state index is 12.4. The maximum Gasteiger partial charge on any atom is 0.341 e. The van der Waals surface area contributed by atoms with E-state index in [9.17, 15) is 9.59 Å². The molecule has 2 aromatic carbocycles. The maximum atomic E-state index is 12.4. The number of ether oxygens (including phenoxy) is 2. The largest absolute Gasteiger partial charge is 0.482 e. The second kappa shape index (κ2) is 7.23. The van der Waals surface area contributed by atoms with Crippen LogP contribution in [0.25, 0.3) is 0 Å². The molecule has 2 aliphatic heterocycles. The number of urea groups is 1. The molecule has 4 rings (SSSR count). The first kappa shape index (κ1) is 20.1. The molecule has 0 saturated carbocycles. The van der Waals surface area contributed by atoms with Gasteiger partial charge in [-0.25, -0.2) is 9.59 Å². The van der Waals surface area contributed by atoms with Crippen molar-refractivity contribution in [2.75, 3.05) is 6.61 Å². The molecule has 0 bridgehead atoms. The number of carboxylic acid groups (broad SMARTS) is 1. The minimum atomic E-state index is -1.04. The first-order valence-corrected chi connectivity index (χ1v) is 10.00. The van der Waals surface area contributed by atoms with Crippen LogP contribution in [0.5, 0.6) is 11.5 Å². The van der Waals surface area contributed by atoms with Crippen molar-refractivity contribution in [2.24, 2.45) is 0 Å². The Labute approximate surface area is 175 Å². The molecule has 2 aliphatic rings. The number of hydrogen-bond acceptors (Lipinski definition) is 4. The number of carboxylic acids is 1. The van der Waals surface area contributed by atoms with E-state index in [1.165, 1.54) is 0 Å². The molecule has 1 spiro atoms. The van der Waals surface area contributed by atoms with Crippen molar-refractivity contribution in [2.45, 2.75) is 50.8 Å². The van der Waals surface area contributed by atoms with Crippen LogP contribution in [0.3, 0.4) is 0 Å². The molecular formula is C23H26N2O5. The van der Waals surface area contributed by atoms with Gasteiger partial charge in [0.2, 0.25) is 0 Å². The van der Waals surface area contributed by atoms with Crippen LogP contribution in [0.2, 0.25) is 0 Å². The highest BCUT2D eigenvalue weighted by Crippen LogP contribution is 2.49. The number of aryl methyl sites for hydroxylation is 1. The minimum absolute atomic E-state index is 0.0117. The van der Waals surface area contributed by atoms with Crippen LogP contribution in [0, 0.1) is 6.92 Å². The molecule has 3 N–H and O–H groups in total. The molecule has 0 aliphatic carbocycles. The monoisotopic (exact) mass is 410 g/mol. The summed E-state index contributed by atoms with van der Waals surface area (Å²) in [5.74, 6) is 0.000454. The fourth-order valence-electron chi connectivity index (χ4n) is 4.68. The van der Waals surface area contributed by atoms with Gasteiger partial charge in [-0.05, 0) is 38.0 Å². The molecule has 2 aromatic rings. The molecule has 30 heavy (non-hydrogen) atoms. The summed E-state index contributed by atoms with van der Waals surface area (Å²) in [5, 5.41) is 14.9. The van der Waals surface area contributed by atoms with E-state index >= 15 is 0 Å². The normalized spacial score (nSPS) is 24.2. The van der Waals surface area contributed by atoms with Gasteiger partial charge < -0.3 is 25.2 Å². The summed E-state index contributed by atoms with van der Waals surface area (Å²) in [6.07, 6.45) is 1.17. The number of carbonyl (C=O) groups excluding carboxylic acids is 1. The number of nitrogens with one attached hydrogen (secondary N) is 2. The van der Waals surface area contributed by atoms with E-state index in [4.69, 9.17) is 14.6 Å². The average molecular weight is 410 g/mol. The van der Waals surface area contributed by atoms with Gasteiger partial charge in [-0.1, -0.05) is 30.3 Å². The first-order chi connectivity index (χ1) is 14.2. The number of carbonyl (C=O) groups is 2. The topological polar surface area (TPSA) is 96.9 Å². The number of fused-ring (bicyclic) bond motifs is 1. The van der Waals surface area contributed by atoms with Crippen molar-refractivity contribution in [3.63, 3.8) is 0 Å². The lowest BCUT2D eigenvalue weighted by Crippen LogP contribution is -2.69. The van der Waals surface area contributed by atoms with Crippen LogP contribution in [-0.2, 0) is 4.79 Å². The van der Waals surface area contributed by atoms with Crippen LogP contribution in [0.15, 0.2) is 42.5 Å². The Morgan fingerprint density at radius 1 is 1.23 bits per heavy atom. The third-order valence-electron chi connectivity index (χ3n) is 5.60. The number of aliphatic carboxylic acids is 1. The van der Waals surface area contributed by atoms with Crippen molar-refractivity contribution in [1.82, 2.24) is 10.6 Å². The molecule has 2 unspecified atom stereocenters. The van der Waals surface area contributed by atoms with Crippen molar-refractivity contribution in [1.29, 1.82) is 0 Å². The summed E-state index contributed by atoms with van der Waals surface area (Å²) < 4.78 is 11.9. The van der Waals surface area contributed by atoms with Gasteiger partial charge in [0.05, 0.1) is 0 Å². The van der Waals surface area contributed by atoms with E-state index in [0.29, 0.717) is 24.3 Å². The summed E-state index contributed by atoms with van der Waals surface area (Å²) in [6.45, 7) is 5.48. The molecule has 7 nitrogen and oxygen atoms in total. The Morgan fingerprint density at radius 2 is 1.97 bits per heavy atom. The van der Waals surface area contributed by atoms with E-state index in [1.807, 2.05) is 45.0 Å². The Bertz CT molecular complexity index is 989. The quantitative estimate of drug-likeness (QED) is 0.716. The molecule has 2 heterocycles. The highest BCUT2D eigenvalue weighted by atomic mass is 16.5. The zero-order chi connectivity index (χ0) is 21.5. The summed E-state index contributed by atoms with van der Waals surface area (Å²) >= 11 is 0. The Balaban J connectivity index is 1.81. The zero-order valence-corrected chi connectivity index (χ0v) is 17.3. The first-order valence-electron chi connectivity index (χ1n) is 10.00. The number of amides is 2. The van der Waals surface area contributed by atoms with Gasteiger partial charge in [0.15, 0.2) is 12.3 Å². The standard InChI is InChI=1S/C23H26N2O5/c1-14-9-16(29-12-19(26)27)10-18-20(14)17(15-7-5-4-6-8-15)11-23(30-18)13-22(2,3)24-21(28)25-23/h4-10,17H,11-13H2,1-3H3,(H,26,27)(H2,24,25,28). The SMILES string of the molecule is Cc1cc(OCC(=O)O)cc2c1C(c1ccccc1)CC1(CC(C)(C)NC(=O)N1)O2. The van der Waals surface area contributed by atoms with Gasteiger partial charge in [-0.2, -0.15) is 0 Å². The van der Waals surface area contributed by atoms with Crippen LogP contribution >= 0.6 is 0 Å². The van der Waals surface area contributed by atoms with E-state index < -0.39 is 23.8 Å². The molecule has 158 valence electrons. The molecule has 1 fully saturated rings. The third-order valence-corrected chi connectivity index (χ3v) is 5.60. The van der Waals surface area contributed by atoms with Gasteiger partial charge in [0.25, 0.3) is 0 Å². The van der Waals surface area contributed by atoms with E-state index in [1.54, 1.807) is 6.07 Å². The van der Waals surface area contributed by atoms with Gasteiger partial charge in [-0.3, -0.25) is 0 Å². The summed E-state index contributed by atoms with van der Waals surface area (Å²) in [4.78, 5) is 23.3. The van der Waals surface area contributed by atoms with Crippen molar-refractivity contribution >= 4 is 12.0 Å². The van der Waals surface area contributed by atoms with E-state index in [2.05, 4.69) is 22.8 Å². The van der Waals surface area contributed by atoms with E-state index in [-0.39, 0.29) is 11.9 Å². The summed E-state index contributed by atoms with van der Waals surface area (Å²) in [5.41, 5.74) is 1.80. The fourth-order valence-corrected chi connectivity index (χ4v) is 4.68. The van der Waals surface area contributed by atoms with Gasteiger partial charge in [0.1, 0.15) is 11.5 Å². The lowest BCUT2D eigenvalue weighted by atomic mass is 9.76. The van der Waals surface area contributed by atoms with Crippen molar-refractivity contribution < 1.29 is 24.2 Å². The van der Waals surface area contributed by atoms with Crippen molar-refractivity contribution in [3.8, 4) is 11.5 Å². The lowest BCUT2D eigenvalue weighted by molar-refractivity contribution is -0.139. The molecular weight excluding hydrogens is 384 g/mol. The second-order valence-electron chi connectivity index (χ2n) is 8.74. The highest BCUT2D eigenvalue weighted by Gasteiger charge is 2.50. The van der Waals surface area contributed by atoms with Crippen LogP contribution < -0.4 is 20.1 Å².